The average molecular weight is 402 g/mol. The van der Waals surface area contributed by atoms with Crippen LogP contribution in [-0.2, 0) is 6.42 Å². The minimum Gasteiger partial charge on any atom is -0.392 e. The van der Waals surface area contributed by atoms with Gasteiger partial charge in [0, 0.05) is 36.7 Å². The third kappa shape index (κ3) is 5.32. The lowest BCUT2D eigenvalue weighted by Crippen LogP contribution is -2.39. The number of rotatable bonds is 6. The van der Waals surface area contributed by atoms with Crippen LogP contribution in [0.25, 0.3) is 11.1 Å². The Kier molecular flexibility index (Phi) is 6.52. The second-order valence-electron chi connectivity index (χ2n) is 7.82. The molecule has 0 radical (unpaired) electrons. The van der Waals surface area contributed by atoms with Crippen LogP contribution in [0.15, 0.2) is 73.1 Å². The van der Waals surface area contributed by atoms with Gasteiger partial charge >= 0.3 is 0 Å². The van der Waals surface area contributed by atoms with E-state index in [0.717, 1.165) is 61.3 Å². The molecule has 1 aliphatic rings. The molecule has 4 rings (SSSR count). The summed E-state index contributed by atoms with van der Waals surface area (Å²) in [5.41, 5.74) is 4.65. The van der Waals surface area contributed by atoms with Gasteiger partial charge in [-0.2, -0.15) is 0 Å². The lowest BCUT2D eigenvalue weighted by Gasteiger charge is -2.29. The van der Waals surface area contributed by atoms with Crippen molar-refractivity contribution < 1.29 is 9.90 Å². The summed E-state index contributed by atoms with van der Waals surface area (Å²) in [6.07, 6.45) is 6.12. The number of hydrogen-bond acceptors (Lipinski definition) is 4. The molecule has 1 aromatic heterocycles. The van der Waals surface area contributed by atoms with E-state index in [2.05, 4.69) is 21.3 Å². The van der Waals surface area contributed by atoms with Crippen LogP contribution in [0.4, 0.5) is 5.69 Å². The predicted octanol–water partition coefficient (Wildman–Crippen LogP) is 4.00. The Hall–Kier alpha value is -3.02. The quantitative estimate of drug-likeness (QED) is 0.655. The summed E-state index contributed by atoms with van der Waals surface area (Å²) in [6, 6.07) is 19.5. The summed E-state index contributed by atoms with van der Waals surface area (Å²) in [7, 11) is 0. The maximum atomic E-state index is 12.8. The van der Waals surface area contributed by atoms with Gasteiger partial charge in [0.1, 0.15) is 0 Å². The number of benzene rings is 2. The van der Waals surface area contributed by atoms with Crippen LogP contribution in [0.3, 0.4) is 0 Å². The number of piperidine rings is 1. The summed E-state index contributed by atoms with van der Waals surface area (Å²) >= 11 is 0. The van der Waals surface area contributed by atoms with Crippen molar-refractivity contribution in [2.75, 3.05) is 25.0 Å². The molecule has 2 heterocycles. The molecule has 5 heteroatoms. The molecule has 2 N–H and O–H groups in total. The van der Waals surface area contributed by atoms with E-state index < -0.39 is 0 Å². The van der Waals surface area contributed by atoms with Crippen LogP contribution in [0.2, 0.25) is 0 Å². The number of hydrogen-bond donors (Lipinski definition) is 2. The molecule has 0 aliphatic carbocycles. The fourth-order valence-corrected chi connectivity index (χ4v) is 3.91. The highest BCUT2D eigenvalue weighted by molar-refractivity contribution is 6.04. The number of likely N-dealkylation sites (tertiary alicyclic amines) is 1. The molecule has 1 fully saturated rings. The molecule has 5 nitrogen and oxygen atoms in total. The first-order valence-electron chi connectivity index (χ1n) is 10.5. The number of nitrogens with one attached hydrogen (secondary N) is 1. The Balaban J connectivity index is 1.40. The third-order valence-electron chi connectivity index (χ3n) is 5.52. The van der Waals surface area contributed by atoms with Crippen molar-refractivity contribution >= 4 is 11.6 Å². The summed E-state index contributed by atoms with van der Waals surface area (Å²) in [5.74, 6) is -0.114. The molecule has 0 saturated carbocycles. The number of aromatic nitrogens is 1. The summed E-state index contributed by atoms with van der Waals surface area (Å²) < 4.78 is 0. The molecule has 1 amide bonds. The molecule has 1 saturated heterocycles. The van der Waals surface area contributed by atoms with E-state index in [1.54, 1.807) is 12.4 Å². The van der Waals surface area contributed by atoms with Crippen LogP contribution in [0.5, 0.6) is 0 Å². The average Bonchev–Trinajstić information content (AvgIpc) is 2.79. The fourth-order valence-electron chi connectivity index (χ4n) is 3.91. The van der Waals surface area contributed by atoms with Crippen molar-refractivity contribution in [2.45, 2.75) is 25.4 Å². The summed E-state index contributed by atoms with van der Waals surface area (Å²) in [4.78, 5) is 19.1. The number of anilines is 1. The lowest BCUT2D eigenvalue weighted by atomic mass is 10.0. The number of pyridine rings is 1. The SMILES string of the molecule is O=C(Nc1cccc(-c2ccncc2)c1)c1cccc(CCN2CCCC(O)C2)c1. The topological polar surface area (TPSA) is 65.5 Å². The Morgan fingerprint density at radius 1 is 1.07 bits per heavy atom. The number of aliphatic hydroxyl groups is 1. The Morgan fingerprint density at radius 2 is 1.90 bits per heavy atom. The van der Waals surface area contributed by atoms with Gasteiger partial charge in [0.05, 0.1) is 6.10 Å². The van der Waals surface area contributed by atoms with Gasteiger partial charge in [-0.15, -0.1) is 0 Å². The monoisotopic (exact) mass is 401 g/mol. The smallest absolute Gasteiger partial charge is 0.255 e. The first-order chi connectivity index (χ1) is 14.7. The number of carbonyl (C=O) groups excluding carboxylic acids is 1. The largest absolute Gasteiger partial charge is 0.392 e. The van der Waals surface area contributed by atoms with Gasteiger partial charge in [0.2, 0.25) is 0 Å². The van der Waals surface area contributed by atoms with Crippen molar-refractivity contribution in [1.29, 1.82) is 0 Å². The van der Waals surface area contributed by atoms with Crippen LogP contribution < -0.4 is 5.32 Å². The van der Waals surface area contributed by atoms with Crippen LogP contribution in [-0.4, -0.2) is 46.6 Å². The van der Waals surface area contributed by atoms with Crippen LogP contribution >= 0.6 is 0 Å². The minimum absolute atomic E-state index is 0.114. The van der Waals surface area contributed by atoms with Gasteiger partial charge in [-0.05, 0) is 78.9 Å². The maximum absolute atomic E-state index is 12.8. The van der Waals surface area contributed by atoms with Crippen molar-refractivity contribution in [3.63, 3.8) is 0 Å². The lowest BCUT2D eigenvalue weighted by molar-refractivity contribution is 0.0714. The van der Waals surface area contributed by atoms with E-state index in [9.17, 15) is 9.90 Å². The molecule has 0 spiro atoms. The van der Waals surface area contributed by atoms with Gasteiger partial charge in [0.15, 0.2) is 0 Å². The van der Waals surface area contributed by atoms with Gasteiger partial charge in [-0.25, -0.2) is 0 Å². The van der Waals surface area contributed by atoms with Crippen molar-refractivity contribution in [3.05, 3.63) is 84.2 Å². The standard InChI is InChI=1S/C25H27N3O2/c29-24-8-3-14-28(18-24)15-11-19-4-1-6-22(16-19)25(30)27-23-7-2-5-21(17-23)20-9-12-26-13-10-20/h1-2,4-7,9-10,12-13,16-17,24,29H,3,8,11,14-15,18H2,(H,27,30). The first-order valence-corrected chi connectivity index (χ1v) is 10.5. The zero-order chi connectivity index (χ0) is 20.8. The molecule has 1 aliphatic heterocycles. The highest BCUT2D eigenvalue weighted by atomic mass is 16.3. The molecule has 30 heavy (non-hydrogen) atoms. The van der Waals surface area contributed by atoms with Crippen molar-refractivity contribution in [3.8, 4) is 11.1 Å². The maximum Gasteiger partial charge on any atom is 0.255 e. The third-order valence-corrected chi connectivity index (χ3v) is 5.52. The molecule has 2 aromatic carbocycles. The fraction of sp³-hybridized carbons (Fsp3) is 0.280. The van der Waals surface area contributed by atoms with Gasteiger partial charge < -0.3 is 15.3 Å². The van der Waals surface area contributed by atoms with E-state index in [4.69, 9.17) is 0 Å². The summed E-state index contributed by atoms with van der Waals surface area (Å²) in [5, 5.41) is 12.8. The number of nitrogens with zero attached hydrogens (tertiary/aromatic N) is 2. The summed E-state index contributed by atoms with van der Waals surface area (Å²) in [6.45, 7) is 2.68. The zero-order valence-electron chi connectivity index (χ0n) is 17.0. The van der Waals surface area contributed by atoms with Gasteiger partial charge in [-0.1, -0.05) is 24.3 Å². The zero-order valence-corrected chi connectivity index (χ0v) is 17.0. The predicted molar refractivity (Wildman–Crippen MR) is 119 cm³/mol. The van der Waals surface area contributed by atoms with Crippen molar-refractivity contribution in [1.82, 2.24) is 9.88 Å². The van der Waals surface area contributed by atoms with Crippen LogP contribution in [0.1, 0.15) is 28.8 Å². The second kappa shape index (κ2) is 9.65. The minimum atomic E-state index is -0.209. The second-order valence-corrected chi connectivity index (χ2v) is 7.82. The van der Waals surface area contributed by atoms with Gasteiger partial charge in [-0.3, -0.25) is 9.78 Å². The molecule has 1 unspecified atom stereocenters. The normalized spacial score (nSPS) is 16.9. The Labute approximate surface area is 177 Å². The molecular formula is C25H27N3O2. The van der Waals surface area contributed by atoms with E-state index in [-0.39, 0.29) is 12.0 Å². The molecule has 0 bridgehead atoms. The first kappa shape index (κ1) is 20.3. The number of carbonyl (C=O) groups is 1. The molecule has 3 aromatic rings. The Morgan fingerprint density at radius 3 is 2.73 bits per heavy atom. The van der Waals surface area contributed by atoms with E-state index in [1.165, 1.54) is 0 Å². The number of aliphatic hydroxyl groups excluding tert-OH is 1. The molecule has 1 atom stereocenters. The Bertz CT molecular complexity index is 990. The highest BCUT2D eigenvalue weighted by Crippen LogP contribution is 2.22. The number of amides is 1. The van der Waals surface area contributed by atoms with Crippen molar-refractivity contribution in [2.24, 2.45) is 0 Å². The van der Waals surface area contributed by atoms with E-state index in [0.29, 0.717) is 5.56 Å². The van der Waals surface area contributed by atoms with Gasteiger partial charge in [0.25, 0.3) is 5.91 Å². The van der Waals surface area contributed by atoms with Crippen LogP contribution in [0, 0.1) is 0 Å². The van der Waals surface area contributed by atoms with E-state index in [1.807, 2.05) is 54.6 Å². The molecule has 154 valence electrons. The van der Waals surface area contributed by atoms with E-state index >= 15 is 0 Å². The molecular weight excluding hydrogens is 374 g/mol. The highest BCUT2D eigenvalue weighted by Gasteiger charge is 2.17. The number of β-amino-alcohol motifs (C(OH)–C–C–N with tert-alkyl or cyclic N) is 1.